The molecule has 0 spiro atoms. The summed E-state index contributed by atoms with van der Waals surface area (Å²) >= 11 is 0. The fourth-order valence-corrected chi connectivity index (χ4v) is 1.07. The van der Waals surface area contributed by atoms with Gasteiger partial charge in [0.1, 0.15) is 0 Å². The first kappa shape index (κ1) is 4.59. The first-order valence-corrected chi connectivity index (χ1v) is 3.63. The van der Waals surface area contributed by atoms with E-state index in [-0.39, 0.29) is 11.7 Å². The third-order valence-electron chi connectivity index (χ3n) is 1.66. The van der Waals surface area contributed by atoms with Gasteiger partial charge in [-0.3, -0.25) is 4.99 Å². The summed E-state index contributed by atoms with van der Waals surface area (Å²) < 4.78 is 26.2. The number of hydrogen-bond donors (Lipinski definition) is 1. The van der Waals surface area contributed by atoms with Crippen molar-refractivity contribution in [3.63, 3.8) is 0 Å². The Morgan fingerprint density at radius 3 is 3.50 bits per heavy atom. The van der Waals surface area contributed by atoms with E-state index in [0.29, 0.717) is 19.0 Å². The molecule has 1 aliphatic rings. The van der Waals surface area contributed by atoms with Crippen LogP contribution >= 0.6 is 0 Å². The van der Waals surface area contributed by atoms with Gasteiger partial charge in [0.2, 0.25) is 5.89 Å². The van der Waals surface area contributed by atoms with Crippen LogP contribution in [-0.2, 0) is 0 Å². The van der Waals surface area contributed by atoms with Crippen molar-refractivity contribution in [2.45, 2.75) is 12.8 Å². The van der Waals surface area contributed by atoms with E-state index < -0.39 is 6.85 Å². The summed E-state index contributed by atoms with van der Waals surface area (Å²) in [5.74, 6) is 0.0381. The van der Waals surface area contributed by atoms with Gasteiger partial charge >= 0.3 is 0 Å². The Morgan fingerprint density at radius 2 is 2.83 bits per heavy atom. The molecule has 0 aliphatic carbocycles. The van der Waals surface area contributed by atoms with Crippen LogP contribution in [-0.4, -0.2) is 29.6 Å². The molecule has 0 saturated carbocycles. The van der Waals surface area contributed by atoms with Crippen molar-refractivity contribution in [1.82, 2.24) is 15.5 Å². The van der Waals surface area contributed by atoms with Crippen molar-refractivity contribution in [3.8, 4) is 0 Å². The number of hydrogen-bond acceptors (Lipinski definition) is 5. The topological polar surface area (TPSA) is 63.3 Å². The van der Waals surface area contributed by atoms with Gasteiger partial charge in [-0.1, -0.05) is 5.16 Å². The van der Waals surface area contributed by atoms with Gasteiger partial charge in [-0.2, -0.15) is 4.98 Å². The fourth-order valence-electron chi connectivity index (χ4n) is 1.07. The molecule has 5 heteroatoms. The van der Waals surface area contributed by atoms with Gasteiger partial charge < -0.3 is 9.84 Å². The quantitative estimate of drug-likeness (QED) is 0.647. The summed E-state index contributed by atoms with van der Waals surface area (Å²) in [6, 6.07) is 0. The Morgan fingerprint density at radius 1 is 1.83 bits per heavy atom. The van der Waals surface area contributed by atoms with Gasteiger partial charge in [-0.25, -0.2) is 0 Å². The maximum Gasteiger partial charge on any atom is 0.233 e. The average Bonchev–Trinajstić information content (AvgIpc) is 2.67. The lowest BCUT2D eigenvalue weighted by Gasteiger charge is -2.13. The van der Waals surface area contributed by atoms with Gasteiger partial charge in [0.25, 0.3) is 0 Å². The minimum absolute atomic E-state index is 0.0430. The number of nitrogens with zero attached hydrogens (tertiary/aromatic N) is 3. The van der Waals surface area contributed by atoms with Crippen molar-refractivity contribution in [1.29, 1.82) is 0 Å². The molecule has 64 valence electrons. The molecular weight excluding hydrogens is 156 g/mol. The van der Waals surface area contributed by atoms with Gasteiger partial charge in [-0.05, 0) is 6.85 Å². The van der Waals surface area contributed by atoms with E-state index in [0.717, 1.165) is 0 Å². The van der Waals surface area contributed by atoms with E-state index in [9.17, 15) is 0 Å². The molecule has 0 fully saturated rings. The molecule has 0 saturated heterocycles. The second-order valence-corrected chi connectivity index (χ2v) is 2.56. The van der Waals surface area contributed by atoms with E-state index in [2.05, 4.69) is 20.4 Å². The van der Waals surface area contributed by atoms with Crippen LogP contribution in [0.25, 0.3) is 0 Å². The standard InChI is InChI=1S/C7H10N4O/c1-5-10-7(12-11-5)6-2-8-4-9-3-6/h4,6H,2-3H2,1H3,(H,8,9)/i1D3. The zero-order valence-electron chi connectivity index (χ0n) is 9.32. The molecule has 1 aliphatic heterocycles. The maximum absolute atomic E-state index is 7.10. The van der Waals surface area contributed by atoms with Crippen LogP contribution in [0.4, 0.5) is 0 Å². The molecule has 0 radical (unpaired) electrons. The SMILES string of the molecule is [2H]C([2H])([2H])c1noc(C2CN=CNC2)n1. The first-order chi connectivity index (χ1) is 7.07. The maximum atomic E-state index is 7.10. The number of aromatic nitrogens is 2. The third-order valence-corrected chi connectivity index (χ3v) is 1.66. The molecule has 2 heterocycles. The van der Waals surface area contributed by atoms with Gasteiger partial charge in [-0.15, -0.1) is 0 Å². The number of aryl methyl sites for hydroxylation is 1. The highest BCUT2D eigenvalue weighted by atomic mass is 16.5. The molecule has 1 N–H and O–H groups in total. The molecular formula is C7H10N4O. The second kappa shape index (κ2) is 2.92. The summed E-state index contributed by atoms with van der Waals surface area (Å²) in [4.78, 5) is 7.85. The first-order valence-electron chi connectivity index (χ1n) is 5.13. The Kier molecular flexibility index (Phi) is 1.12. The molecule has 2 rings (SSSR count). The molecule has 1 aromatic rings. The highest BCUT2D eigenvalue weighted by molar-refractivity contribution is 5.55. The van der Waals surface area contributed by atoms with E-state index in [1.807, 2.05) is 0 Å². The molecule has 5 nitrogen and oxygen atoms in total. The fraction of sp³-hybridized carbons (Fsp3) is 0.571. The smallest absolute Gasteiger partial charge is 0.233 e. The predicted molar refractivity (Wildman–Crippen MR) is 43.1 cm³/mol. The minimum Gasteiger partial charge on any atom is -0.376 e. The molecule has 1 unspecified atom stereocenters. The van der Waals surface area contributed by atoms with Crippen molar-refractivity contribution in [2.24, 2.45) is 4.99 Å². The Hall–Kier alpha value is -1.39. The highest BCUT2D eigenvalue weighted by Crippen LogP contribution is 2.13. The van der Waals surface area contributed by atoms with Crippen LogP contribution in [0, 0.1) is 6.85 Å². The zero-order valence-corrected chi connectivity index (χ0v) is 6.32. The molecule has 0 amide bonds. The van der Waals surface area contributed by atoms with E-state index >= 15 is 0 Å². The Bertz CT molecular complexity index is 373. The third kappa shape index (κ3) is 1.30. The summed E-state index contributed by atoms with van der Waals surface area (Å²) in [5.41, 5.74) is 0. The zero-order chi connectivity index (χ0) is 10.9. The number of aliphatic imine (C=N–C) groups is 1. The van der Waals surface area contributed by atoms with Crippen LogP contribution < -0.4 is 5.32 Å². The lowest BCUT2D eigenvalue weighted by Crippen LogP contribution is -2.27. The molecule has 0 aromatic carbocycles. The molecule has 1 atom stereocenters. The van der Waals surface area contributed by atoms with Crippen molar-refractivity contribution >= 4 is 6.34 Å². The van der Waals surface area contributed by atoms with E-state index in [4.69, 9.17) is 8.64 Å². The molecule has 12 heavy (non-hydrogen) atoms. The second-order valence-electron chi connectivity index (χ2n) is 2.56. The largest absolute Gasteiger partial charge is 0.376 e. The number of rotatable bonds is 1. The summed E-state index contributed by atoms with van der Waals surface area (Å²) in [5, 5.41) is 6.36. The Balaban J connectivity index is 2.16. The van der Waals surface area contributed by atoms with Gasteiger partial charge in [0, 0.05) is 10.7 Å². The minimum atomic E-state index is -2.31. The van der Waals surface area contributed by atoms with Gasteiger partial charge in [0.15, 0.2) is 5.82 Å². The lowest BCUT2D eigenvalue weighted by molar-refractivity contribution is 0.349. The summed E-state index contributed by atoms with van der Waals surface area (Å²) in [6.45, 7) is -1.14. The van der Waals surface area contributed by atoms with Crippen molar-refractivity contribution in [2.75, 3.05) is 13.1 Å². The van der Waals surface area contributed by atoms with Crippen molar-refractivity contribution in [3.05, 3.63) is 11.7 Å². The van der Waals surface area contributed by atoms with Crippen LogP contribution in [0.1, 0.15) is 21.7 Å². The van der Waals surface area contributed by atoms with Crippen molar-refractivity contribution < 1.29 is 8.64 Å². The normalized spacial score (nSPS) is 27.0. The van der Waals surface area contributed by atoms with Crippen LogP contribution in [0.2, 0.25) is 0 Å². The summed E-state index contributed by atoms with van der Waals surface area (Å²) in [6.07, 6.45) is 1.61. The van der Waals surface area contributed by atoms with Crippen LogP contribution in [0.5, 0.6) is 0 Å². The van der Waals surface area contributed by atoms with E-state index in [1.54, 1.807) is 6.34 Å². The average molecular weight is 169 g/mol. The highest BCUT2D eigenvalue weighted by Gasteiger charge is 2.18. The van der Waals surface area contributed by atoms with Crippen LogP contribution in [0.15, 0.2) is 9.52 Å². The Labute approximate surface area is 74.1 Å². The number of nitrogens with one attached hydrogen (secondary N) is 1. The van der Waals surface area contributed by atoms with Gasteiger partial charge in [0.05, 0.1) is 18.8 Å². The molecule has 0 bridgehead atoms. The van der Waals surface area contributed by atoms with Crippen LogP contribution in [0.3, 0.4) is 0 Å². The van der Waals surface area contributed by atoms with E-state index in [1.165, 1.54) is 0 Å². The molecule has 1 aromatic heterocycles. The lowest BCUT2D eigenvalue weighted by atomic mass is 10.1. The summed E-state index contributed by atoms with van der Waals surface area (Å²) in [7, 11) is 0. The predicted octanol–water partition coefficient (Wildman–Crippen LogP) is 0.0931. The monoisotopic (exact) mass is 169 g/mol.